The van der Waals surface area contributed by atoms with Crippen LogP contribution in [0.1, 0.15) is 15.9 Å². The number of anilines is 1. The van der Waals surface area contributed by atoms with Crippen molar-refractivity contribution in [1.29, 1.82) is 0 Å². The van der Waals surface area contributed by atoms with E-state index in [1.807, 2.05) is 7.05 Å². The Hall–Kier alpha value is -3.26. The van der Waals surface area contributed by atoms with Gasteiger partial charge in [0.05, 0.1) is 6.21 Å². The minimum atomic E-state index is -0.379. The second-order valence-corrected chi connectivity index (χ2v) is 6.55. The maximum Gasteiger partial charge on any atom is 0.321 e. The van der Waals surface area contributed by atoms with E-state index < -0.39 is 0 Å². The van der Waals surface area contributed by atoms with Gasteiger partial charge in [0.15, 0.2) is 0 Å². The molecule has 28 heavy (non-hydrogen) atoms. The van der Waals surface area contributed by atoms with Gasteiger partial charge in [-0.05, 0) is 49.0 Å². The van der Waals surface area contributed by atoms with Crippen LogP contribution in [0.2, 0.25) is 0 Å². The summed E-state index contributed by atoms with van der Waals surface area (Å²) in [6.07, 6.45) is 1.43. The molecule has 146 valence electrons. The largest absolute Gasteiger partial charge is 0.322 e. The van der Waals surface area contributed by atoms with Crippen LogP contribution in [0.25, 0.3) is 0 Å². The Labute approximate surface area is 162 Å². The molecule has 3 rings (SSSR count). The quantitative estimate of drug-likeness (QED) is 0.629. The molecule has 2 N–H and O–H groups in total. The molecule has 0 aromatic heterocycles. The lowest BCUT2D eigenvalue weighted by Gasteiger charge is -2.32. The normalized spacial score (nSPS) is 14.9. The van der Waals surface area contributed by atoms with Crippen molar-refractivity contribution in [3.8, 4) is 0 Å². The molecule has 0 aliphatic carbocycles. The van der Waals surface area contributed by atoms with Crippen molar-refractivity contribution in [2.24, 2.45) is 5.10 Å². The minimum Gasteiger partial charge on any atom is -0.322 e. The molecule has 3 amide bonds. The summed E-state index contributed by atoms with van der Waals surface area (Å²) in [4.78, 5) is 28.3. The number of carbonyl (C=O) groups excluding carboxylic acids is 2. The fourth-order valence-electron chi connectivity index (χ4n) is 2.70. The van der Waals surface area contributed by atoms with Crippen LogP contribution >= 0.6 is 0 Å². The van der Waals surface area contributed by atoms with E-state index in [0.29, 0.717) is 29.9 Å². The Morgan fingerprint density at radius 2 is 1.64 bits per heavy atom. The summed E-state index contributed by atoms with van der Waals surface area (Å²) in [5.41, 5.74) is 4.12. The molecule has 1 aliphatic rings. The molecule has 0 bridgehead atoms. The molecule has 0 unspecified atom stereocenters. The summed E-state index contributed by atoms with van der Waals surface area (Å²) < 4.78 is 12.8. The summed E-state index contributed by atoms with van der Waals surface area (Å²) in [5, 5.41) is 6.70. The fourth-order valence-corrected chi connectivity index (χ4v) is 2.70. The molecule has 0 atom stereocenters. The van der Waals surface area contributed by atoms with E-state index >= 15 is 0 Å². The van der Waals surface area contributed by atoms with Crippen LogP contribution in [0, 0.1) is 5.82 Å². The molecule has 1 fully saturated rings. The lowest BCUT2D eigenvalue weighted by Crippen LogP contribution is -2.48. The lowest BCUT2D eigenvalue weighted by atomic mass is 10.2. The highest BCUT2D eigenvalue weighted by molar-refractivity contribution is 5.96. The number of hydrogen-bond donors (Lipinski definition) is 2. The Bertz CT molecular complexity index is 844. The highest BCUT2D eigenvalue weighted by Gasteiger charge is 2.18. The van der Waals surface area contributed by atoms with Gasteiger partial charge in [-0.2, -0.15) is 5.10 Å². The summed E-state index contributed by atoms with van der Waals surface area (Å²) >= 11 is 0. The van der Waals surface area contributed by atoms with E-state index in [1.165, 1.54) is 18.3 Å². The van der Waals surface area contributed by atoms with Crippen molar-refractivity contribution in [3.63, 3.8) is 0 Å². The number of hydrogen-bond acceptors (Lipinski definition) is 4. The molecular weight excluding hydrogens is 361 g/mol. The van der Waals surface area contributed by atoms with Crippen molar-refractivity contribution in [3.05, 3.63) is 65.5 Å². The summed E-state index contributed by atoms with van der Waals surface area (Å²) in [7, 11) is 2.03. The molecule has 1 saturated heterocycles. The van der Waals surface area contributed by atoms with E-state index in [9.17, 15) is 14.0 Å². The smallest absolute Gasteiger partial charge is 0.321 e. The average molecular weight is 383 g/mol. The number of rotatable bonds is 4. The fraction of sp³-hybridized carbons (Fsp3) is 0.250. The van der Waals surface area contributed by atoms with Gasteiger partial charge in [-0.1, -0.05) is 12.1 Å². The van der Waals surface area contributed by atoms with Gasteiger partial charge < -0.3 is 15.1 Å². The van der Waals surface area contributed by atoms with Gasteiger partial charge in [-0.15, -0.1) is 0 Å². The van der Waals surface area contributed by atoms with Gasteiger partial charge in [0.25, 0.3) is 5.91 Å². The molecule has 2 aromatic carbocycles. The second-order valence-electron chi connectivity index (χ2n) is 6.55. The first-order valence-corrected chi connectivity index (χ1v) is 8.95. The number of benzene rings is 2. The van der Waals surface area contributed by atoms with E-state index in [4.69, 9.17) is 0 Å². The topological polar surface area (TPSA) is 77.0 Å². The van der Waals surface area contributed by atoms with Gasteiger partial charge in [-0.25, -0.2) is 14.6 Å². The third-order valence-corrected chi connectivity index (χ3v) is 4.44. The van der Waals surface area contributed by atoms with Crippen LogP contribution in [0.4, 0.5) is 14.9 Å². The van der Waals surface area contributed by atoms with Gasteiger partial charge in [0.2, 0.25) is 0 Å². The Kier molecular flexibility index (Phi) is 6.33. The van der Waals surface area contributed by atoms with E-state index in [2.05, 4.69) is 20.7 Å². The Morgan fingerprint density at radius 3 is 2.29 bits per heavy atom. The zero-order chi connectivity index (χ0) is 19.9. The SMILES string of the molecule is CN1CCN(C(=O)Nc2ccc(C(=O)N/N=C/c3ccc(F)cc3)cc2)CC1. The van der Waals surface area contributed by atoms with Crippen LogP contribution in [-0.4, -0.2) is 61.2 Å². The van der Waals surface area contributed by atoms with Crippen molar-refractivity contribution in [1.82, 2.24) is 15.2 Å². The number of urea groups is 1. The predicted octanol–water partition coefficient (Wildman–Crippen LogP) is 2.37. The standard InChI is InChI=1S/C20H22FN5O2/c1-25-10-12-26(13-11-25)20(28)23-18-8-4-16(5-9-18)19(27)24-22-14-15-2-6-17(21)7-3-15/h2-9,14H,10-13H2,1H3,(H,23,28)(H,24,27)/b22-14+. The molecule has 2 aromatic rings. The van der Waals surface area contributed by atoms with Crippen molar-refractivity contribution >= 4 is 23.8 Å². The lowest BCUT2D eigenvalue weighted by molar-refractivity contribution is 0.0955. The van der Waals surface area contributed by atoms with Crippen LogP contribution in [-0.2, 0) is 0 Å². The van der Waals surface area contributed by atoms with E-state index in [1.54, 1.807) is 41.3 Å². The van der Waals surface area contributed by atoms with Gasteiger partial charge in [0.1, 0.15) is 5.82 Å². The molecule has 1 heterocycles. The van der Waals surface area contributed by atoms with E-state index in [0.717, 1.165) is 13.1 Å². The van der Waals surface area contributed by atoms with Gasteiger partial charge >= 0.3 is 6.03 Å². The first-order chi connectivity index (χ1) is 13.5. The van der Waals surface area contributed by atoms with Crippen molar-refractivity contribution < 1.29 is 14.0 Å². The monoisotopic (exact) mass is 383 g/mol. The first kappa shape index (κ1) is 19.5. The highest BCUT2D eigenvalue weighted by Crippen LogP contribution is 2.11. The average Bonchev–Trinajstić information content (AvgIpc) is 2.70. The van der Waals surface area contributed by atoms with Crippen molar-refractivity contribution in [2.75, 3.05) is 38.5 Å². The zero-order valence-corrected chi connectivity index (χ0v) is 15.6. The molecule has 8 heteroatoms. The maximum absolute atomic E-state index is 12.8. The number of nitrogens with one attached hydrogen (secondary N) is 2. The van der Waals surface area contributed by atoms with Crippen molar-refractivity contribution in [2.45, 2.75) is 0 Å². The van der Waals surface area contributed by atoms with Crippen LogP contribution in [0.15, 0.2) is 53.6 Å². The van der Waals surface area contributed by atoms with Crippen LogP contribution in [0.5, 0.6) is 0 Å². The molecular formula is C20H22FN5O2. The Morgan fingerprint density at radius 1 is 1.00 bits per heavy atom. The highest BCUT2D eigenvalue weighted by atomic mass is 19.1. The number of piperazine rings is 1. The third-order valence-electron chi connectivity index (χ3n) is 4.44. The maximum atomic E-state index is 12.8. The number of amides is 3. The number of halogens is 1. The minimum absolute atomic E-state index is 0.144. The Balaban J connectivity index is 1.51. The summed E-state index contributed by atoms with van der Waals surface area (Å²) in [6.45, 7) is 3.08. The third kappa shape index (κ3) is 5.37. The summed E-state index contributed by atoms with van der Waals surface area (Å²) in [5.74, 6) is -0.712. The predicted molar refractivity (Wildman–Crippen MR) is 106 cm³/mol. The number of carbonyl (C=O) groups is 2. The second kappa shape index (κ2) is 9.09. The molecule has 0 saturated carbocycles. The molecule has 0 radical (unpaired) electrons. The van der Waals surface area contributed by atoms with Crippen LogP contribution < -0.4 is 10.7 Å². The zero-order valence-electron chi connectivity index (χ0n) is 15.6. The summed E-state index contributed by atoms with van der Waals surface area (Å²) in [6, 6.07) is 12.2. The molecule has 0 spiro atoms. The van der Waals surface area contributed by atoms with Gasteiger partial charge in [-0.3, -0.25) is 4.79 Å². The molecule has 7 nitrogen and oxygen atoms in total. The first-order valence-electron chi connectivity index (χ1n) is 8.95. The van der Waals surface area contributed by atoms with Crippen LogP contribution in [0.3, 0.4) is 0 Å². The molecule has 1 aliphatic heterocycles. The van der Waals surface area contributed by atoms with Gasteiger partial charge in [0, 0.05) is 37.4 Å². The van der Waals surface area contributed by atoms with E-state index in [-0.39, 0.29) is 17.8 Å². The number of nitrogens with zero attached hydrogens (tertiary/aromatic N) is 3. The number of hydrazone groups is 1. The number of likely N-dealkylation sites (N-methyl/N-ethyl adjacent to an activating group) is 1.